The summed E-state index contributed by atoms with van der Waals surface area (Å²) in [7, 11) is 3.76. The molecule has 0 aliphatic carbocycles. The predicted octanol–water partition coefficient (Wildman–Crippen LogP) is 2.43. The molecule has 0 bridgehead atoms. The van der Waals surface area contributed by atoms with Crippen LogP contribution >= 0.6 is 0 Å². The molecule has 1 aromatic heterocycles. The lowest BCUT2D eigenvalue weighted by Crippen LogP contribution is -2.41. The van der Waals surface area contributed by atoms with Gasteiger partial charge in [-0.05, 0) is 32.0 Å². The number of hydrogen-bond donors (Lipinski definition) is 1. The third-order valence-corrected chi connectivity index (χ3v) is 4.17. The summed E-state index contributed by atoms with van der Waals surface area (Å²) in [5.74, 6) is 1.99. The minimum Gasteiger partial charge on any atom is -0.496 e. The molecule has 2 aromatic rings. The van der Waals surface area contributed by atoms with Crippen LogP contribution in [-0.4, -0.2) is 38.3 Å². The van der Waals surface area contributed by atoms with E-state index in [9.17, 15) is 0 Å². The molecule has 106 valence electrons. The van der Waals surface area contributed by atoms with Crippen LogP contribution in [0.15, 0.2) is 30.5 Å². The first-order valence-corrected chi connectivity index (χ1v) is 7.17. The van der Waals surface area contributed by atoms with E-state index in [1.807, 2.05) is 31.4 Å². The van der Waals surface area contributed by atoms with Crippen LogP contribution in [0.2, 0.25) is 0 Å². The number of methoxy groups -OCH3 is 1. The van der Waals surface area contributed by atoms with Gasteiger partial charge in [0.1, 0.15) is 11.6 Å². The maximum atomic E-state index is 5.45. The molecule has 0 unspecified atom stereocenters. The zero-order valence-corrected chi connectivity index (χ0v) is 12.1. The highest BCUT2D eigenvalue weighted by Crippen LogP contribution is 2.32. The molecule has 1 aromatic carbocycles. The number of pyridine rings is 1. The van der Waals surface area contributed by atoms with Crippen molar-refractivity contribution in [3.05, 3.63) is 30.5 Å². The summed E-state index contributed by atoms with van der Waals surface area (Å²) >= 11 is 0. The fourth-order valence-electron chi connectivity index (χ4n) is 2.97. The van der Waals surface area contributed by atoms with Crippen molar-refractivity contribution < 1.29 is 4.74 Å². The first-order valence-electron chi connectivity index (χ1n) is 7.17. The summed E-state index contributed by atoms with van der Waals surface area (Å²) in [6, 6.07) is 8.82. The first kappa shape index (κ1) is 13.2. The largest absolute Gasteiger partial charge is 0.496 e. The Morgan fingerprint density at radius 2 is 2.00 bits per heavy atom. The Balaban J connectivity index is 1.96. The Morgan fingerprint density at radius 3 is 2.70 bits per heavy atom. The third kappa shape index (κ3) is 2.31. The average Bonchev–Trinajstić information content (AvgIpc) is 2.54. The zero-order valence-electron chi connectivity index (χ0n) is 12.1. The van der Waals surface area contributed by atoms with Crippen LogP contribution in [-0.2, 0) is 0 Å². The molecule has 1 aliphatic heterocycles. The number of hydrogen-bond acceptors (Lipinski definition) is 4. The topological polar surface area (TPSA) is 37.4 Å². The van der Waals surface area contributed by atoms with E-state index in [1.54, 1.807) is 7.11 Å². The van der Waals surface area contributed by atoms with Crippen LogP contribution < -0.4 is 15.0 Å². The van der Waals surface area contributed by atoms with Crippen LogP contribution in [0.4, 0.5) is 5.82 Å². The van der Waals surface area contributed by atoms with Crippen LogP contribution in [0.25, 0.3) is 10.8 Å². The summed E-state index contributed by atoms with van der Waals surface area (Å²) in [5.41, 5.74) is 0. The number of nitrogens with one attached hydrogen (secondary N) is 1. The van der Waals surface area contributed by atoms with Gasteiger partial charge in [0.25, 0.3) is 0 Å². The van der Waals surface area contributed by atoms with Crippen LogP contribution in [0.5, 0.6) is 5.75 Å². The van der Waals surface area contributed by atoms with Gasteiger partial charge in [0.15, 0.2) is 0 Å². The molecule has 0 spiro atoms. The minimum absolute atomic E-state index is 0.635. The van der Waals surface area contributed by atoms with Crippen molar-refractivity contribution in [2.24, 2.45) is 0 Å². The van der Waals surface area contributed by atoms with E-state index >= 15 is 0 Å². The summed E-state index contributed by atoms with van der Waals surface area (Å²) < 4.78 is 5.45. The van der Waals surface area contributed by atoms with Gasteiger partial charge < -0.3 is 15.0 Å². The summed E-state index contributed by atoms with van der Waals surface area (Å²) in [6.07, 6.45) is 4.21. The Bertz CT molecular complexity index is 591. The molecule has 4 heteroatoms. The number of rotatable bonds is 3. The number of aromatic nitrogens is 1. The van der Waals surface area contributed by atoms with E-state index in [1.165, 1.54) is 18.2 Å². The monoisotopic (exact) mass is 271 g/mol. The first-order chi connectivity index (χ1) is 9.83. The molecule has 1 aliphatic rings. The van der Waals surface area contributed by atoms with Crippen LogP contribution in [0.3, 0.4) is 0 Å². The molecule has 0 atom stereocenters. The van der Waals surface area contributed by atoms with Gasteiger partial charge in [-0.25, -0.2) is 4.98 Å². The van der Waals surface area contributed by atoms with Gasteiger partial charge in [0, 0.05) is 36.1 Å². The molecule has 0 saturated carbocycles. The van der Waals surface area contributed by atoms with E-state index in [4.69, 9.17) is 4.74 Å². The summed E-state index contributed by atoms with van der Waals surface area (Å²) in [4.78, 5) is 6.99. The third-order valence-electron chi connectivity index (χ3n) is 4.17. The average molecular weight is 271 g/mol. The van der Waals surface area contributed by atoms with Crippen molar-refractivity contribution in [2.75, 3.05) is 32.1 Å². The van der Waals surface area contributed by atoms with Gasteiger partial charge in [0.2, 0.25) is 0 Å². The van der Waals surface area contributed by atoms with Gasteiger partial charge in [-0.1, -0.05) is 12.1 Å². The molecule has 2 heterocycles. The lowest BCUT2D eigenvalue weighted by Gasteiger charge is -2.33. The fourth-order valence-corrected chi connectivity index (χ4v) is 2.97. The normalized spacial score (nSPS) is 16.6. The lowest BCUT2D eigenvalue weighted by molar-refractivity contribution is 0.419. The quantitative estimate of drug-likeness (QED) is 0.930. The number of nitrogens with zero attached hydrogens (tertiary/aromatic N) is 2. The van der Waals surface area contributed by atoms with Crippen LogP contribution in [0.1, 0.15) is 12.8 Å². The molecule has 0 amide bonds. The van der Waals surface area contributed by atoms with Crippen molar-refractivity contribution in [3.8, 4) is 5.75 Å². The van der Waals surface area contributed by atoms with Gasteiger partial charge in [-0.3, -0.25) is 0 Å². The smallest absolute Gasteiger partial charge is 0.136 e. The van der Waals surface area contributed by atoms with Crippen molar-refractivity contribution in [2.45, 2.75) is 18.9 Å². The van der Waals surface area contributed by atoms with Crippen molar-refractivity contribution in [3.63, 3.8) is 0 Å². The second kappa shape index (κ2) is 5.67. The fraction of sp³-hybridized carbons (Fsp3) is 0.438. The molecule has 3 rings (SSSR count). The van der Waals surface area contributed by atoms with Gasteiger partial charge in [0.05, 0.1) is 7.11 Å². The Kier molecular flexibility index (Phi) is 3.74. The minimum atomic E-state index is 0.635. The van der Waals surface area contributed by atoms with E-state index in [-0.39, 0.29) is 0 Å². The number of fused-ring (bicyclic) bond motifs is 1. The molecule has 1 N–H and O–H groups in total. The molecule has 1 saturated heterocycles. The molecular formula is C16H21N3O. The molecule has 20 heavy (non-hydrogen) atoms. The SMILES string of the molecule is CNC1CCN(c2nccc3c(OC)cccc23)CC1. The summed E-state index contributed by atoms with van der Waals surface area (Å²) in [6.45, 7) is 2.10. The van der Waals surface area contributed by atoms with Crippen molar-refractivity contribution in [1.82, 2.24) is 10.3 Å². The highest BCUT2D eigenvalue weighted by atomic mass is 16.5. The van der Waals surface area contributed by atoms with E-state index < -0.39 is 0 Å². The summed E-state index contributed by atoms with van der Waals surface area (Å²) in [5, 5.41) is 5.67. The van der Waals surface area contributed by atoms with Crippen molar-refractivity contribution >= 4 is 16.6 Å². The number of benzene rings is 1. The van der Waals surface area contributed by atoms with Gasteiger partial charge in [-0.2, -0.15) is 0 Å². The molecule has 4 nitrogen and oxygen atoms in total. The predicted molar refractivity (Wildman–Crippen MR) is 82.6 cm³/mol. The highest BCUT2D eigenvalue weighted by Gasteiger charge is 2.20. The maximum Gasteiger partial charge on any atom is 0.136 e. The van der Waals surface area contributed by atoms with Gasteiger partial charge in [-0.15, -0.1) is 0 Å². The maximum absolute atomic E-state index is 5.45. The van der Waals surface area contributed by atoms with E-state index in [0.717, 1.165) is 30.0 Å². The Morgan fingerprint density at radius 1 is 1.20 bits per heavy atom. The molecular weight excluding hydrogens is 250 g/mol. The lowest BCUT2D eigenvalue weighted by atomic mass is 10.0. The Hall–Kier alpha value is -1.81. The molecule has 0 radical (unpaired) electrons. The number of piperidine rings is 1. The van der Waals surface area contributed by atoms with E-state index in [2.05, 4.69) is 21.3 Å². The number of anilines is 1. The van der Waals surface area contributed by atoms with Crippen LogP contribution in [0, 0.1) is 0 Å². The Labute approximate surface area is 119 Å². The standard InChI is InChI=1S/C16H21N3O/c1-17-12-7-10-19(11-8-12)16-14-4-3-5-15(20-2)13(14)6-9-18-16/h3-6,9,12,17H,7-8,10-11H2,1-2H3. The second-order valence-corrected chi connectivity index (χ2v) is 5.24. The molecule has 1 fully saturated rings. The number of ether oxygens (including phenoxy) is 1. The second-order valence-electron chi connectivity index (χ2n) is 5.24. The van der Waals surface area contributed by atoms with E-state index in [0.29, 0.717) is 6.04 Å². The van der Waals surface area contributed by atoms with Gasteiger partial charge >= 0.3 is 0 Å². The zero-order chi connectivity index (χ0) is 13.9. The highest BCUT2D eigenvalue weighted by molar-refractivity contribution is 5.96. The van der Waals surface area contributed by atoms with Crippen molar-refractivity contribution in [1.29, 1.82) is 0 Å².